The first-order valence-electron chi connectivity index (χ1n) is 4.34. The molecule has 1 rings (SSSR count). The molecule has 0 radical (unpaired) electrons. The Balaban J connectivity index is 2.76. The lowest BCUT2D eigenvalue weighted by Gasteiger charge is -2.37. The van der Waals surface area contributed by atoms with Crippen LogP contribution in [-0.2, 0) is 4.74 Å². The lowest BCUT2D eigenvalue weighted by Crippen LogP contribution is -2.58. The van der Waals surface area contributed by atoms with Gasteiger partial charge in [0.05, 0.1) is 6.61 Å². The van der Waals surface area contributed by atoms with Crippen molar-refractivity contribution in [3.8, 4) is 11.8 Å². The van der Waals surface area contributed by atoms with E-state index in [2.05, 4.69) is 11.8 Å². The van der Waals surface area contributed by atoms with E-state index in [0.717, 1.165) is 0 Å². The zero-order chi connectivity index (χ0) is 10.7. The maximum absolute atomic E-state index is 9.43. The summed E-state index contributed by atoms with van der Waals surface area (Å²) in [7, 11) is 0. The van der Waals surface area contributed by atoms with Gasteiger partial charge in [-0.25, -0.2) is 0 Å². The molecule has 4 N–H and O–H groups in total. The molecule has 5 heteroatoms. The zero-order valence-electron chi connectivity index (χ0n) is 7.79. The minimum atomic E-state index is -1.34. The molecular formula is C9H14O5. The second kappa shape index (κ2) is 4.73. The molecule has 0 aliphatic carbocycles. The van der Waals surface area contributed by atoms with E-state index in [1.807, 2.05) is 0 Å². The standard InChI is InChI=1S/C9H14O5/c1-2-3-5-7(11)9(13)8(12)6(4-10)14-5/h5-13H,4H2,1H3/t5-,6-,7-,8-,9-/m1/s1. The van der Waals surface area contributed by atoms with Crippen LogP contribution in [0.3, 0.4) is 0 Å². The molecule has 1 aliphatic rings. The Hall–Kier alpha value is -0.640. The Bertz CT molecular complexity index is 241. The average molecular weight is 202 g/mol. The smallest absolute Gasteiger partial charge is 0.147 e. The molecule has 1 heterocycles. The van der Waals surface area contributed by atoms with Crippen molar-refractivity contribution in [3.63, 3.8) is 0 Å². The van der Waals surface area contributed by atoms with Gasteiger partial charge in [0, 0.05) is 0 Å². The summed E-state index contributed by atoms with van der Waals surface area (Å²) < 4.78 is 5.09. The van der Waals surface area contributed by atoms with E-state index < -0.39 is 37.1 Å². The lowest BCUT2D eigenvalue weighted by molar-refractivity contribution is -0.214. The van der Waals surface area contributed by atoms with Crippen LogP contribution in [0.25, 0.3) is 0 Å². The topological polar surface area (TPSA) is 90.2 Å². The van der Waals surface area contributed by atoms with E-state index >= 15 is 0 Å². The molecule has 14 heavy (non-hydrogen) atoms. The molecule has 0 aromatic carbocycles. The first-order chi connectivity index (χ1) is 6.61. The molecule has 0 aromatic heterocycles. The average Bonchev–Trinajstić information content (AvgIpc) is 2.19. The van der Waals surface area contributed by atoms with E-state index in [1.165, 1.54) is 0 Å². The van der Waals surface area contributed by atoms with Gasteiger partial charge in [0.15, 0.2) is 0 Å². The molecule has 1 fully saturated rings. The Kier molecular flexibility index (Phi) is 3.86. The van der Waals surface area contributed by atoms with Gasteiger partial charge >= 0.3 is 0 Å². The van der Waals surface area contributed by atoms with E-state index in [1.54, 1.807) is 6.92 Å². The molecule has 0 spiro atoms. The number of ether oxygens (including phenoxy) is 1. The Morgan fingerprint density at radius 2 is 1.79 bits per heavy atom. The van der Waals surface area contributed by atoms with Gasteiger partial charge in [-0.05, 0) is 6.92 Å². The van der Waals surface area contributed by atoms with Crippen molar-refractivity contribution >= 4 is 0 Å². The van der Waals surface area contributed by atoms with Crippen LogP contribution < -0.4 is 0 Å². The second-order valence-corrected chi connectivity index (χ2v) is 3.14. The maximum Gasteiger partial charge on any atom is 0.147 e. The highest BCUT2D eigenvalue weighted by Crippen LogP contribution is 2.20. The monoisotopic (exact) mass is 202 g/mol. The summed E-state index contributed by atoms with van der Waals surface area (Å²) in [4.78, 5) is 0. The molecule has 1 aliphatic heterocycles. The fourth-order valence-electron chi connectivity index (χ4n) is 1.36. The van der Waals surface area contributed by atoms with Gasteiger partial charge in [0.2, 0.25) is 0 Å². The van der Waals surface area contributed by atoms with Crippen molar-refractivity contribution in [3.05, 3.63) is 0 Å². The number of hydrogen-bond donors (Lipinski definition) is 4. The quantitative estimate of drug-likeness (QED) is 0.364. The summed E-state index contributed by atoms with van der Waals surface area (Å²) in [5.41, 5.74) is 0. The van der Waals surface area contributed by atoms with Gasteiger partial charge in [0.1, 0.15) is 30.5 Å². The molecule has 5 atom stereocenters. The number of aliphatic hydroxyl groups is 4. The van der Waals surface area contributed by atoms with E-state index in [4.69, 9.17) is 9.84 Å². The summed E-state index contributed by atoms with van der Waals surface area (Å²) in [6.45, 7) is 1.15. The fourth-order valence-corrected chi connectivity index (χ4v) is 1.36. The zero-order valence-corrected chi connectivity index (χ0v) is 7.79. The van der Waals surface area contributed by atoms with Crippen molar-refractivity contribution in [2.24, 2.45) is 0 Å². The minimum Gasteiger partial charge on any atom is -0.394 e. The van der Waals surface area contributed by atoms with E-state index in [-0.39, 0.29) is 0 Å². The summed E-state index contributed by atoms with van der Waals surface area (Å²) in [6.07, 6.45) is -5.65. The molecule has 1 saturated heterocycles. The number of aliphatic hydroxyl groups excluding tert-OH is 4. The van der Waals surface area contributed by atoms with Crippen molar-refractivity contribution in [1.29, 1.82) is 0 Å². The van der Waals surface area contributed by atoms with Crippen LogP contribution in [0.5, 0.6) is 0 Å². The molecule has 0 bridgehead atoms. The SMILES string of the molecule is CC#C[C@H]1O[C@H](CO)[C@@H](O)[C@H](O)[C@@H]1O. The maximum atomic E-state index is 9.43. The molecular weight excluding hydrogens is 188 g/mol. The molecule has 80 valence electrons. The van der Waals surface area contributed by atoms with Crippen molar-refractivity contribution in [2.45, 2.75) is 37.4 Å². The van der Waals surface area contributed by atoms with Crippen LogP contribution in [0.4, 0.5) is 0 Å². The van der Waals surface area contributed by atoms with Crippen LogP contribution in [0.15, 0.2) is 0 Å². The van der Waals surface area contributed by atoms with Gasteiger partial charge in [-0.3, -0.25) is 0 Å². The first kappa shape index (κ1) is 11.4. The second-order valence-electron chi connectivity index (χ2n) is 3.14. The minimum absolute atomic E-state index is 0.424. The van der Waals surface area contributed by atoms with Gasteiger partial charge in [0.25, 0.3) is 0 Å². The summed E-state index contributed by atoms with van der Waals surface area (Å²) in [6, 6.07) is 0. The molecule has 5 nitrogen and oxygen atoms in total. The van der Waals surface area contributed by atoms with Gasteiger partial charge < -0.3 is 25.2 Å². The highest BCUT2D eigenvalue weighted by atomic mass is 16.5. The van der Waals surface area contributed by atoms with Crippen molar-refractivity contribution in [1.82, 2.24) is 0 Å². The predicted molar refractivity (Wildman–Crippen MR) is 47.2 cm³/mol. The number of rotatable bonds is 1. The third-order valence-electron chi connectivity index (χ3n) is 2.18. The largest absolute Gasteiger partial charge is 0.394 e. The molecule has 0 unspecified atom stereocenters. The Morgan fingerprint density at radius 3 is 2.29 bits per heavy atom. The highest BCUT2D eigenvalue weighted by Gasteiger charge is 2.42. The Morgan fingerprint density at radius 1 is 1.14 bits per heavy atom. The number of hydrogen-bond acceptors (Lipinski definition) is 5. The van der Waals surface area contributed by atoms with Gasteiger partial charge in [-0.15, -0.1) is 5.92 Å². The third-order valence-corrected chi connectivity index (χ3v) is 2.18. The first-order valence-corrected chi connectivity index (χ1v) is 4.34. The van der Waals surface area contributed by atoms with Gasteiger partial charge in [-0.1, -0.05) is 5.92 Å². The molecule has 0 amide bonds. The van der Waals surface area contributed by atoms with E-state index in [0.29, 0.717) is 0 Å². The lowest BCUT2D eigenvalue weighted by atomic mass is 9.95. The van der Waals surface area contributed by atoms with Crippen LogP contribution in [-0.4, -0.2) is 57.6 Å². The molecule has 0 saturated carbocycles. The summed E-state index contributed by atoms with van der Waals surface area (Å²) in [5, 5.41) is 37.0. The van der Waals surface area contributed by atoms with Crippen LogP contribution in [0, 0.1) is 11.8 Å². The van der Waals surface area contributed by atoms with E-state index in [9.17, 15) is 15.3 Å². The fraction of sp³-hybridized carbons (Fsp3) is 0.778. The van der Waals surface area contributed by atoms with Crippen LogP contribution >= 0.6 is 0 Å². The van der Waals surface area contributed by atoms with Crippen LogP contribution in [0.2, 0.25) is 0 Å². The van der Waals surface area contributed by atoms with Crippen molar-refractivity contribution < 1.29 is 25.2 Å². The Labute approximate surface area is 81.9 Å². The van der Waals surface area contributed by atoms with Gasteiger partial charge in [-0.2, -0.15) is 0 Å². The highest BCUT2D eigenvalue weighted by molar-refractivity contribution is 5.10. The predicted octanol–water partition coefficient (Wildman–Crippen LogP) is -2.15. The summed E-state index contributed by atoms with van der Waals surface area (Å²) >= 11 is 0. The summed E-state index contributed by atoms with van der Waals surface area (Å²) in [5.74, 6) is 5.08. The third kappa shape index (κ3) is 2.05. The molecule has 0 aromatic rings. The van der Waals surface area contributed by atoms with Crippen molar-refractivity contribution in [2.75, 3.05) is 6.61 Å². The normalized spacial score (nSPS) is 42.8. The van der Waals surface area contributed by atoms with Crippen LogP contribution in [0.1, 0.15) is 6.92 Å².